The molecule has 0 saturated carbocycles. The van der Waals surface area contributed by atoms with E-state index >= 15 is 0 Å². The zero-order chi connectivity index (χ0) is 24.8. The van der Waals surface area contributed by atoms with Crippen LogP contribution in [0.5, 0.6) is 0 Å². The first kappa shape index (κ1) is 24.9. The first-order valence-electron chi connectivity index (χ1n) is 11.0. The van der Waals surface area contributed by atoms with Crippen molar-refractivity contribution in [3.63, 3.8) is 0 Å². The average Bonchev–Trinajstić information content (AvgIpc) is 3.24. The third-order valence-corrected chi connectivity index (χ3v) is 7.55. The van der Waals surface area contributed by atoms with Crippen LogP contribution >= 0.6 is 38.6 Å². The fourth-order valence-electron chi connectivity index (χ4n) is 3.60. The minimum Gasteiger partial charge on any atom is -0.444 e. The number of anilines is 1. The Bertz CT molecular complexity index is 1250. The van der Waals surface area contributed by atoms with Crippen LogP contribution in [0.15, 0.2) is 22.7 Å². The minimum atomic E-state index is -0.614. The molecule has 2 amide bonds. The second-order valence-corrected chi connectivity index (χ2v) is 13.2. The van der Waals surface area contributed by atoms with Gasteiger partial charge in [0.15, 0.2) is 0 Å². The monoisotopic (exact) mass is 565 g/mol. The number of nitrogens with one attached hydrogen (secondary N) is 1. The molecule has 34 heavy (non-hydrogen) atoms. The summed E-state index contributed by atoms with van der Waals surface area (Å²) in [4.78, 5) is 32.9. The van der Waals surface area contributed by atoms with Gasteiger partial charge in [0.2, 0.25) is 0 Å². The van der Waals surface area contributed by atoms with E-state index in [-0.39, 0.29) is 6.09 Å². The number of thiophene rings is 1. The van der Waals surface area contributed by atoms with Crippen LogP contribution in [0, 0.1) is 0 Å². The van der Waals surface area contributed by atoms with Crippen LogP contribution in [-0.2, 0) is 22.4 Å². The standard InChI is InChI=1S/C24H28BrN3O4S2/c1-23(2,3)31-21(29)27-20-18(19-26-15-8-7-13(25)11-16(15)33-19)14-9-10-28(12-17(14)34-20)22(30)32-24(4,5)6/h7-8,11H,9-10,12H2,1-6H3,(H,27,29). The van der Waals surface area contributed by atoms with Gasteiger partial charge in [0, 0.05) is 21.5 Å². The van der Waals surface area contributed by atoms with Gasteiger partial charge < -0.3 is 14.4 Å². The molecule has 7 nitrogen and oxygen atoms in total. The van der Waals surface area contributed by atoms with Crippen molar-refractivity contribution in [1.29, 1.82) is 0 Å². The normalized spacial score (nSPS) is 14.1. The van der Waals surface area contributed by atoms with Gasteiger partial charge >= 0.3 is 12.2 Å². The molecule has 1 aliphatic rings. The van der Waals surface area contributed by atoms with Gasteiger partial charge in [-0.2, -0.15) is 0 Å². The van der Waals surface area contributed by atoms with Crippen LogP contribution in [0.1, 0.15) is 52.0 Å². The number of hydrogen-bond acceptors (Lipinski definition) is 7. The fraction of sp³-hybridized carbons (Fsp3) is 0.458. The highest BCUT2D eigenvalue weighted by Gasteiger charge is 2.32. The lowest BCUT2D eigenvalue weighted by molar-refractivity contribution is 0.0226. The van der Waals surface area contributed by atoms with Crippen LogP contribution < -0.4 is 5.32 Å². The van der Waals surface area contributed by atoms with Crippen LogP contribution in [0.2, 0.25) is 0 Å². The van der Waals surface area contributed by atoms with Gasteiger partial charge in [-0.1, -0.05) is 15.9 Å². The third-order valence-electron chi connectivity index (χ3n) is 4.89. The van der Waals surface area contributed by atoms with Gasteiger partial charge in [0.1, 0.15) is 21.2 Å². The molecule has 0 radical (unpaired) electrons. The number of aromatic nitrogens is 1. The molecule has 1 N–H and O–H groups in total. The molecule has 2 aromatic heterocycles. The van der Waals surface area contributed by atoms with E-state index in [9.17, 15) is 9.59 Å². The predicted molar refractivity (Wildman–Crippen MR) is 141 cm³/mol. The van der Waals surface area contributed by atoms with Gasteiger partial charge in [-0.15, -0.1) is 22.7 Å². The molecule has 0 bridgehead atoms. The molecular formula is C24H28BrN3O4S2. The van der Waals surface area contributed by atoms with E-state index in [4.69, 9.17) is 14.5 Å². The zero-order valence-corrected chi connectivity index (χ0v) is 23.3. The summed E-state index contributed by atoms with van der Waals surface area (Å²) in [6.45, 7) is 12.0. The molecule has 0 saturated heterocycles. The van der Waals surface area contributed by atoms with Gasteiger partial charge in [-0.25, -0.2) is 14.6 Å². The molecule has 0 spiro atoms. The van der Waals surface area contributed by atoms with Crippen LogP contribution in [0.25, 0.3) is 20.8 Å². The van der Waals surface area contributed by atoms with Crippen molar-refractivity contribution in [1.82, 2.24) is 9.88 Å². The fourth-order valence-corrected chi connectivity index (χ4v) is 6.51. The topological polar surface area (TPSA) is 80.8 Å². The van der Waals surface area contributed by atoms with E-state index in [1.54, 1.807) is 16.2 Å². The predicted octanol–water partition coefficient (Wildman–Crippen LogP) is 7.43. The van der Waals surface area contributed by atoms with Crippen molar-refractivity contribution in [2.75, 3.05) is 11.9 Å². The van der Waals surface area contributed by atoms with E-state index in [0.717, 1.165) is 35.7 Å². The Labute approximate surface area is 215 Å². The minimum absolute atomic E-state index is 0.334. The van der Waals surface area contributed by atoms with Crippen molar-refractivity contribution in [2.45, 2.75) is 65.7 Å². The average molecular weight is 567 g/mol. The first-order valence-corrected chi connectivity index (χ1v) is 13.4. The van der Waals surface area contributed by atoms with Crippen molar-refractivity contribution in [2.24, 2.45) is 0 Å². The van der Waals surface area contributed by atoms with Gasteiger partial charge in [0.25, 0.3) is 0 Å². The summed E-state index contributed by atoms with van der Waals surface area (Å²) in [5.74, 6) is 0. The molecule has 3 aromatic rings. The molecule has 0 aliphatic carbocycles. The molecular weight excluding hydrogens is 538 g/mol. The maximum Gasteiger partial charge on any atom is 0.412 e. The summed E-state index contributed by atoms with van der Waals surface area (Å²) in [6.07, 6.45) is -0.199. The zero-order valence-electron chi connectivity index (χ0n) is 20.1. The number of carbonyl (C=O) groups excluding carboxylic acids is 2. The summed E-state index contributed by atoms with van der Waals surface area (Å²) < 4.78 is 13.1. The Morgan fingerprint density at radius 2 is 1.79 bits per heavy atom. The van der Waals surface area contributed by atoms with Crippen molar-refractivity contribution >= 4 is 66.0 Å². The number of thiazole rings is 1. The summed E-state index contributed by atoms with van der Waals surface area (Å²) in [5.41, 5.74) is 1.74. The van der Waals surface area contributed by atoms with E-state index in [1.165, 1.54) is 11.3 Å². The SMILES string of the molecule is CC(C)(C)OC(=O)Nc1sc2c(c1-c1nc3ccc(Br)cc3s1)CCN(C(=O)OC(C)(C)C)C2. The number of halogens is 1. The van der Waals surface area contributed by atoms with Gasteiger partial charge in [-0.3, -0.25) is 5.32 Å². The highest BCUT2D eigenvalue weighted by atomic mass is 79.9. The highest BCUT2D eigenvalue weighted by molar-refractivity contribution is 9.10. The Hall–Kier alpha value is -2.17. The molecule has 1 aromatic carbocycles. The lowest BCUT2D eigenvalue weighted by Crippen LogP contribution is -2.39. The molecule has 182 valence electrons. The van der Waals surface area contributed by atoms with E-state index in [2.05, 4.69) is 21.2 Å². The smallest absolute Gasteiger partial charge is 0.412 e. The summed E-state index contributed by atoms with van der Waals surface area (Å²) >= 11 is 6.56. The molecule has 4 rings (SSSR count). The Morgan fingerprint density at radius 1 is 1.09 bits per heavy atom. The third kappa shape index (κ3) is 5.72. The largest absolute Gasteiger partial charge is 0.444 e. The summed E-state index contributed by atoms with van der Waals surface area (Å²) in [7, 11) is 0. The van der Waals surface area contributed by atoms with Crippen molar-refractivity contribution < 1.29 is 19.1 Å². The van der Waals surface area contributed by atoms with Gasteiger partial charge in [-0.05, 0) is 71.7 Å². The molecule has 1 aliphatic heterocycles. The quantitative estimate of drug-likeness (QED) is 0.349. The molecule has 0 fully saturated rings. The Morgan fingerprint density at radius 3 is 2.47 bits per heavy atom. The number of rotatable bonds is 2. The van der Waals surface area contributed by atoms with E-state index < -0.39 is 17.3 Å². The van der Waals surface area contributed by atoms with Crippen molar-refractivity contribution in [3.8, 4) is 10.6 Å². The second-order valence-electron chi connectivity index (χ2n) is 10.1. The van der Waals surface area contributed by atoms with E-state index in [0.29, 0.717) is 24.5 Å². The van der Waals surface area contributed by atoms with Crippen LogP contribution in [-0.4, -0.2) is 39.8 Å². The Balaban J connectivity index is 1.72. The van der Waals surface area contributed by atoms with Crippen molar-refractivity contribution in [3.05, 3.63) is 33.1 Å². The molecule has 10 heteroatoms. The highest BCUT2D eigenvalue weighted by Crippen LogP contribution is 2.46. The maximum absolute atomic E-state index is 12.7. The van der Waals surface area contributed by atoms with Gasteiger partial charge in [0.05, 0.1) is 16.8 Å². The maximum atomic E-state index is 12.7. The number of benzene rings is 1. The number of fused-ring (bicyclic) bond motifs is 2. The number of hydrogen-bond donors (Lipinski definition) is 1. The lowest BCUT2D eigenvalue weighted by atomic mass is 10.0. The second kappa shape index (κ2) is 9.13. The first-order chi connectivity index (χ1) is 15.8. The number of ether oxygens (including phenoxy) is 2. The number of nitrogens with zero attached hydrogens (tertiary/aromatic N) is 2. The summed E-state index contributed by atoms with van der Waals surface area (Å²) in [6, 6.07) is 5.98. The number of amides is 2. The van der Waals surface area contributed by atoms with Crippen LogP contribution in [0.4, 0.5) is 14.6 Å². The summed E-state index contributed by atoms with van der Waals surface area (Å²) in [5, 5.41) is 4.46. The molecule has 3 heterocycles. The van der Waals surface area contributed by atoms with Crippen LogP contribution in [0.3, 0.4) is 0 Å². The lowest BCUT2D eigenvalue weighted by Gasteiger charge is -2.30. The van der Waals surface area contributed by atoms with E-state index in [1.807, 2.05) is 59.7 Å². The number of carbonyl (C=O) groups is 2. The molecule has 0 unspecified atom stereocenters. The molecule has 0 atom stereocenters. The Kier molecular flexibility index (Phi) is 6.69.